The summed E-state index contributed by atoms with van der Waals surface area (Å²) in [4.78, 5) is 0. The second-order valence-corrected chi connectivity index (χ2v) is 5.63. The molecule has 0 bridgehead atoms. The standard InChI is InChI=1S/C8H14F3NO3S/c9-8(10,11)2-1-7-16(13,14)12-3-5-15-6-4-12/h1-7H2. The van der Waals surface area contributed by atoms with Gasteiger partial charge in [-0.2, -0.15) is 17.5 Å². The lowest BCUT2D eigenvalue weighted by Crippen LogP contribution is -2.41. The Bertz CT molecular complexity index is 309. The molecule has 0 aliphatic carbocycles. The van der Waals surface area contributed by atoms with Gasteiger partial charge in [-0.1, -0.05) is 0 Å². The fourth-order valence-corrected chi connectivity index (χ4v) is 2.88. The molecule has 0 unspecified atom stereocenters. The van der Waals surface area contributed by atoms with Crippen LogP contribution in [0.15, 0.2) is 0 Å². The van der Waals surface area contributed by atoms with Gasteiger partial charge in [0, 0.05) is 19.5 Å². The average Bonchev–Trinajstić information content (AvgIpc) is 2.17. The van der Waals surface area contributed by atoms with Crippen molar-refractivity contribution in [1.82, 2.24) is 4.31 Å². The minimum absolute atomic E-state index is 0.231. The van der Waals surface area contributed by atoms with E-state index < -0.39 is 28.4 Å². The molecule has 0 saturated carbocycles. The summed E-state index contributed by atoms with van der Waals surface area (Å²) in [5, 5.41) is 0. The van der Waals surface area contributed by atoms with Crippen LogP contribution in [0.1, 0.15) is 12.8 Å². The van der Waals surface area contributed by atoms with Crippen LogP contribution in [0.25, 0.3) is 0 Å². The molecule has 1 aliphatic heterocycles. The number of halogens is 3. The molecule has 4 nitrogen and oxygen atoms in total. The Labute approximate surface area is 92.4 Å². The van der Waals surface area contributed by atoms with Crippen molar-refractivity contribution in [3.63, 3.8) is 0 Å². The Morgan fingerprint density at radius 2 is 1.75 bits per heavy atom. The van der Waals surface area contributed by atoms with Gasteiger partial charge in [-0.25, -0.2) is 8.42 Å². The van der Waals surface area contributed by atoms with Crippen molar-refractivity contribution >= 4 is 10.0 Å². The van der Waals surface area contributed by atoms with E-state index in [0.29, 0.717) is 13.2 Å². The first kappa shape index (κ1) is 13.7. The first-order chi connectivity index (χ1) is 7.31. The largest absolute Gasteiger partial charge is 0.389 e. The molecule has 0 spiro atoms. The number of morpholine rings is 1. The number of hydrogen-bond acceptors (Lipinski definition) is 3. The molecule has 0 atom stereocenters. The number of nitrogens with zero attached hydrogens (tertiary/aromatic N) is 1. The molecule has 1 saturated heterocycles. The van der Waals surface area contributed by atoms with E-state index in [4.69, 9.17) is 4.74 Å². The highest BCUT2D eigenvalue weighted by molar-refractivity contribution is 7.89. The van der Waals surface area contributed by atoms with E-state index in [0.717, 1.165) is 0 Å². The van der Waals surface area contributed by atoms with Gasteiger partial charge in [0.1, 0.15) is 0 Å². The van der Waals surface area contributed by atoms with Crippen molar-refractivity contribution in [2.75, 3.05) is 32.1 Å². The number of rotatable bonds is 4. The van der Waals surface area contributed by atoms with Gasteiger partial charge in [0.2, 0.25) is 10.0 Å². The van der Waals surface area contributed by atoms with Crippen LogP contribution < -0.4 is 0 Å². The molecule has 0 aromatic rings. The maximum Gasteiger partial charge on any atom is 0.389 e. The lowest BCUT2D eigenvalue weighted by atomic mass is 10.3. The maximum atomic E-state index is 11.8. The van der Waals surface area contributed by atoms with Crippen LogP contribution in [0, 0.1) is 0 Å². The van der Waals surface area contributed by atoms with Crippen LogP contribution in [0.2, 0.25) is 0 Å². The first-order valence-corrected chi connectivity index (χ1v) is 6.54. The molecule has 1 heterocycles. The minimum Gasteiger partial charge on any atom is -0.379 e. The van der Waals surface area contributed by atoms with Gasteiger partial charge in [0.25, 0.3) is 0 Å². The summed E-state index contributed by atoms with van der Waals surface area (Å²) in [6.07, 6.45) is -5.74. The maximum absolute atomic E-state index is 11.8. The van der Waals surface area contributed by atoms with Gasteiger partial charge in [-0.05, 0) is 6.42 Å². The second kappa shape index (κ2) is 5.33. The molecule has 0 radical (unpaired) electrons. The van der Waals surface area contributed by atoms with Gasteiger partial charge in [0.15, 0.2) is 0 Å². The van der Waals surface area contributed by atoms with Gasteiger partial charge < -0.3 is 4.74 Å². The van der Waals surface area contributed by atoms with Crippen LogP contribution in [0.5, 0.6) is 0 Å². The molecule has 1 rings (SSSR count). The summed E-state index contributed by atoms with van der Waals surface area (Å²) < 4.78 is 64.8. The SMILES string of the molecule is O=S(=O)(CCCC(F)(F)F)N1CCOCC1. The molecular weight excluding hydrogens is 247 g/mol. The topological polar surface area (TPSA) is 46.6 Å². The lowest BCUT2D eigenvalue weighted by molar-refractivity contribution is -0.134. The Hall–Kier alpha value is -0.340. The fraction of sp³-hybridized carbons (Fsp3) is 1.00. The Kier molecular flexibility index (Phi) is 4.57. The van der Waals surface area contributed by atoms with E-state index in [1.165, 1.54) is 4.31 Å². The number of sulfonamides is 1. The average molecular weight is 261 g/mol. The first-order valence-electron chi connectivity index (χ1n) is 4.93. The summed E-state index contributed by atoms with van der Waals surface area (Å²) in [7, 11) is -3.55. The van der Waals surface area contributed by atoms with E-state index in [1.807, 2.05) is 0 Å². The normalized spacial score (nSPS) is 19.9. The van der Waals surface area contributed by atoms with Gasteiger partial charge in [-0.15, -0.1) is 0 Å². The van der Waals surface area contributed by atoms with E-state index in [-0.39, 0.29) is 19.5 Å². The zero-order valence-electron chi connectivity index (χ0n) is 8.66. The predicted molar refractivity (Wildman–Crippen MR) is 51.5 cm³/mol. The monoisotopic (exact) mass is 261 g/mol. The van der Waals surface area contributed by atoms with Crippen molar-refractivity contribution in [1.29, 1.82) is 0 Å². The molecule has 1 fully saturated rings. The summed E-state index contributed by atoms with van der Waals surface area (Å²) >= 11 is 0. The Balaban J connectivity index is 2.39. The van der Waals surface area contributed by atoms with Crippen LogP contribution in [-0.4, -0.2) is 51.0 Å². The molecule has 16 heavy (non-hydrogen) atoms. The highest BCUT2D eigenvalue weighted by atomic mass is 32.2. The quantitative estimate of drug-likeness (QED) is 0.758. The van der Waals surface area contributed by atoms with Crippen LogP contribution in [0.3, 0.4) is 0 Å². The number of hydrogen-bond donors (Lipinski definition) is 0. The molecule has 0 amide bonds. The Morgan fingerprint density at radius 3 is 2.25 bits per heavy atom. The van der Waals surface area contributed by atoms with Crippen molar-refractivity contribution in [2.24, 2.45) is 0 Å². The van der Waals surface area contributed by atoms with Gasteiger partial charge in [-0.3, -0.25) is 0 Å². The van der Waals surface area contributed by atoms with Crippen LogP contribution >= 0.6 is 0 Å². The molecule has 96 valence electrons. The molecule has 8 heteroatoms. The molecule has 0 aromatic heterocycles. The van der Waals surface area contributed by atoms with E-state index in [1.54, 1.807) is 0 Å². The van der Waals surface area contributed by atoms with Crippen molar-refractivity contribution in [3.05, 3.63) is 0 Å². The molecule has 1 aliphatic rings. The van der Waals surface area contributed by atoms with Crippen molar-refractivity contribution < 1.29 is 26.3 Å². The molecule has 0 aromatic carbocycles. The van der Waals surface area contributed by atoms with Gasteiger partial charge >= 0.3 is 6.18 Å². The summed E-state index contributed by atoms with van der Waals surface area (Å²) in [5.41, 5.74) is 0. The fourth-order valence-electron chi connectivity index (χ4n) is 1.41. The number of ether oxygens (including phenoxy) is 1. The highest BCUT2D eigenvalue weighted by Crippen LogP contribution is 2.22. The van der Waals surface area contributed by atoms with E-state index in [2.05, 4.69) is 0 Å². The highest BCUT2D eigenvalue weighted by Gasteiger charge is 2.29. The zero-order valence-corrected chi connectivity index (χ0v) is 9.48. The van der Waals surface area contributed by atoms with Gasteiger partial charge in [0.05, 0.1) is 19.0 Å². The van der Waals surface area contributed by atoms with E-state index >= 15 is 0 Å². The summed E-state index contributed by atoms with van der Waals surface area (Å²) in [5.74, 6) is -0.452. The summed E-state index contributed by atoms with van der Waals surface area (Å²) in [6, 6.07) is 0. The second-order valence-electron chi connectivity index (χ2n) is 3.55. The minimum atomic E-state index is -4.29. The van der Waals surface area contributed by atoms with Crippen molar-refractivity contribution in [3.8, 4) is 0 Å². The third kappa shape index (κ3) is 4.67. The number of alkyl halides is 3. The third-order valence-electron chi connectivity index (χ3n) is 2.23. The lowest BCUT2D eigenvalue weighted by Gasteiger charge is -2.26. The predicted octanol–water partition coefficient (Wildman–Crippen LogP) is 0.991. The van der Waals surface area contributed by atoms with E-state index in [9.17, 15) is 21.6 Å². The van der Waals surface area contributed by atoms with Crippen molar-refractivity contribution in [2.45, 2.75) is 19.0 Å². The van der Waals surface area contributed by atoms with Crippen LogP contribution in [-0.2, 0) is 14.8 Å². The Morgan fingerprint density at radius 1 is 1.19 bits per heavy atom. The smallest absolute Gasteiger partial charge is 0.379 e. The third-order valence-corrected chi connectivity index (χ3v) is 4.18. The molecular formula is C8H14F3NO3S. The summed E-state index contributed by atoms with van der Waals surface area (Å²) in [6.45, 7) is 1.07. The van der Waals surface area contributed by atoms with Crippen LogP contribution in [0.4, 0.5) is 13.2 Å². The molecule has 0 N–H and O–H groups in total. The zero-order chi connectivity index (χ0) is 12.2.